The van der Waals surface area contributed by atoms with Gasteiger partial charge in [0, 0.05) is 16.5 Å². The standard InChI is InChI=1S/C28H16F2N2O2/c29-19-13-9-17(10-14-19)25-23-7-3-4-8-24(23)31-27(33)21-5-1-2-6-22(21)28(34)32(31)26(25)18-11-15-20(30)16-12-18/h1-16H. The number of para-hydroxylation sites is 1. The van der Waals surface area contributed by atoms with Gasteiger partial charge in [0.1, 0.15) is 11.6 Å². The van der Waals surface area contributed by atoms with E-state index in [0.717, 1.165) is 0 Å². The molecular weight excluding hydrogens is 434 g/mol. The minimum Gasteiger partial charge on any atom is -0.267 e. The monoisotopic (exact) mass is 450 g/mol. The molecule has 0 saturated heterocycles. The lowest BCUT2D eigenvalue weighted by Gasteiger charge is -2.20. The molecule has 2 heterocycles. The van der Waals surface area contributed by atoms with Crippen molar-refractivity contribution in [1.82, 2.24) is 9.03 Å². The number of fused-ring (bicyclic) bond motifs is 4. The number of benzene rings is 4. The van der Waals surface area contributed by atoms with Crippen molar-refractivity contribution in [2.75, 3.05) is 0 Å². The van der Waals surface area contributed by atoms with E-state index in [-0.39, 0.29) is 16.5 Å². The molecular formula is C28H16F2N2O2. The fourth-order valence-corrected chi connectivity index (χ4v) is 4.57. The third-order valence-electron chi connectivity index (χ3n) is 6.07. The lowest BCUT2D eigenvalue weighted by Crippen LogP contribution is -2.32. The van der Waals surface area contributed by atoms with E-state index < -0.39 is 11.6 Å². The molecule has 0 aliphatic carbocycles. The highest BCUT2D eigenvalue weighted by molar-refractivity contribution is 6.01. The summed E-state index contributed by atoms with van der Waals surface area (Å²) >= 11 is 0. The van der Waals surface area contributed by atoms with E-state index >= 15 is 0 Å². The van der Waals surface area contributed by atoms with Crippen molar-refractivity contribution in [3.05, 3.63) is 129 Å². The zero-order valence-electron chi connectivity index (χ0n) is 17.7. The van der Waals surface area contributed by atoms with Crippen LogP contribution in [0.1, 0.15) is 0 Å². The minimum absolute atomic E-state index is 0.279. The van der Waals surface area contributed by atoms with Crippen LogP contribution >= 0.6 is 0 Å². The molecule has 6 rings (SSSR count). The van der Waals surface area contributed by atoms with Crippen molar-refractivity contribution < 1.29 is 8.78 Å². The van der Waals surface area contributed by atoms with Crippen LogP contribution in [0.15, 0.2) is 107 Å². The fourth-order valence-electron chi connectivity index (χ4n) is 4.57. The number of aromatic nitrogens is 2. The first-order valence-electron chi connectivity index (χ1n) is 10.7. The Labute approximate surface area is 191 Å². The largest absolute Gasteiger partial charge is 0.278 e. The molecule has 0 aliphatic heterocycles. The first kappa shape index (κ1) is 20.1. The van der Waals surface area contributed by atoms with E-state index in [1.54, 1.807) is 60.7 Å². The molecule has 6 heteroatoms. The van der Waals surface area contributed by atoms with Gasteiger partial charge in [0.2, 0.25) is 0 Å². The number of rotatable bonds is 2. The zero-order chi connectivity index (χ0) is 23.4. The average molecular weight is 450 g/mol. The Morgan fingerprint density at radius 2 is 0.971 bits per heavy atom. The van der Waals surface area contributed by atoms with Crippen LogP contribution in [-0.4, -0.2) is 9.03 Å². The lowest BCUT2D eigenvalue weighted by atomic mass is 9.95. The highest BCUT2D eigenvalue weighted by Crippen LogP contribution is 2.37. The fraction of sp³-hybridized carbons (Fsp3) is 0. The van der Waals surface area contributed by atoms with Crippen molar-refractivity contribution in [3.63, 3.8) is 0 Å². The normalized spacial score (nSPS) is 11.5. The van der Waals surface area contributed by atoms with E-state index in [1.807, 2.05) is 12.1 Å². The van der Waals surface area contributed by atoms with Gasteiger partial charge in [-0.1, -0.05) is 42.5 Å². The summed E-state index contributed by atoms with van der Waals surface area (Å²) in [6.45, 7) is 0. The van der Waals surface area contributed by atoms with Crippen molar-refractivity contribution in [2.45, 2.75) is 0 Å². The maximum absolute atomic E-state index is 13.9. The molecule has 4 aromatic carbocycles. The van der Waals surface area contributed by atoms with Crippen LogP contribution in [0.2, 0.25) is 0 Å². The number of nitrogens with zero attached hydrogens (tertiary/aromatic N) is 2. The van der Waals surface area contributed by atoms with Gasteiger partial charge in [-0.3, -0.25) is 9.59 Å². The Morgan fingerprint density at radius 3 is 1.56 bits per heavy atom. The quantitative estimate of drug-likeness (QED) is 0.252. The average Bonchev–Trinajstić information content (AvgIpc) is 2.87. The molecule has 0 amide bonds. The second-order valence-corrected chi connectivity index (χ2v) is 8.03. The summed E-state index contributed by atoms with van der Waals surface area (Å²) < 4.78 is 30.3. The predicted molar refractivity (Wildman–Crippen MR) is 129 cm³/mol. The summed E-state index contributed by atoms with van der Waals surface area (Å²) in [5, 5.41) is 1.29. The molecule has 0 atom stereocenters. The Kier molecular flexibility index (Phi) is 4.42. The molecule has 0 saturated carbocycles. The van der Waals surface area contributed by atoms with Crippen molar-refractivity contribution in [1.29, 1.82) is 0 Å². The summed E-state index contributed by atoms with van der Waals surface area (Å²) in [5.74, 6) is -0.816. The maximum atomic E-state index is 13.9. The van der Waals surface area contributed by atoms with Crippen LogP contribution in [0.4, 0.5) is 8.78 Å². The second kappa shape index (κ2) is 7.49. The third kappa shape index (κ3) is 2.89. The highest BCUT2D eigenvalue weighted by atomic mass is 19.1. The molecule has 0 bridgehead atoms. The number of halogens is 2. The Bertz CT molecular complexity index is 1850. The van der Waals surface area contributed by atoms with Gasteiger partial charge in [0.25, 0.3) is 11.1 Å². The molecule has 4 nitrogen and oxygen atoms in total. The van der Waals surface area contributed by atoms with Crippen LogP contribution in [0, 0.1) is 11.6 Å². The van der Waals surface area contributed by atoms with Crippen LogP contribution in [0.25, 0.3) is 44.1 Å². The second-order valence-electron chi connectivity index (χ2n) is 8.03. The van der Waals surface area contributed by atoms with Gasteiger partial charge in [-0.25, -0.2) is 17.8 Å². The van der Waals surface area contributed by atoms with E-state index in [2.05, 4.69) is 0 Å². The zero-order valence-corrected chi connectivity index (χ0v) is 17.7. The molecule has 34 heavy (non-hydrogen) atoms. The van der Waals surface area contributed by atoms with Gasteiger partial charge >= 0.3 is 0 Å². The van der Waals surface area contributed by atoms with Crippen LogP contribution in [0.5, 0.6) is 0 Å². The molecule has 6 aromatic rings. The maximum Gasteiger partial charge on any atom is 0.278 e. The number of hydrogen-bond acceptors (Lipinski definition) is 2. The van der Waals surface area contributed by atoms with Crippen molar-refractivity contribution in [3.8, 4) is 22.4 Å². The lowest BCUT2D eigenvalue weighted by molar-refractivity contribution is 0.627. The van der Waals surface area contributed by atoms with E-state index in [1.165, 1.54) is 33.3 Å². The summed E-state index contributed by atoms with van der Waals surface area (Å²) in [6, 6.07) is 25.6. The topological polar surface area (TPSA) is 43.0 Å². The Hall–Kier alpha value is -4.58. The van der Waals surface area contributed by atoms with Crippen LogP contribution in [-0.2, 0) is 0 Å². The molecule has 0 fully saturated rings. The Morgan fingerprint density at radius 1 is 0.500 bits per heavy atom. The molecule has 164 valence electrons. The SMILES string of the molecule is O=c1c2ccccc2c(=O)n2c3ccccc3c(-c3ccc(F)cc3)c(-c3ccc(F)cc3)n12. The third-order valence-corrected chi connectivity index (χ3v) is 6.07. The summed E-state index contributed by atoms with van der Waals surface area (Å²) in [6.07, 6.45) is 0. The summed E-state index contributed by atoms with van der Waals surface area (Å²) in [5.41, 5.74) is 2.05. The van der Waals surface area contributed by atoms with Gasteiger partial charge in [-0.2, -0.15) is 0 Å². The molecule has 2 aromatic heterocycles. The van der Waals surface area contributed by atoms with E-state index in [4.69, 9.17) is 0 Å². The number of hydrogen-bond donors (Lipinski definition) is 0. The van der Waals surface area contributed by atoms with Crippen LogP contribution in [0.3, 0.4) is 0 Å². The Balaban J connectivity index is 1.97. The molecule has 0 spiro atoms. The van der Waals surface area contributed by atoms with E-state index in [0.29, 0.717) is 38.7 Å². The summed E-state index contributed by atoms with van der Waals surface area (Å²) in [7, 11) is 0. The minimum atomic E-state index is -0.424. The molecule has 0 radical (unpaired) electrons. The van der Waals surface area contributed by atoms with E-state index in [9.17, 15) is 18.4 Å². The molecule has 0 unspecified atom stereocenters. The van der Waals surface area contributed by atoms with Gasteiger partial charge in [0.15, 0.2) is 0 Å². The first-order chi connectivity index (χ1) is 16.5. The van der Waals surface area contributed by atoms with Gasteiger partial charge in [-0.15, -0.1) is 0 Å². The first-order valence-corrected chi connectivity index (χ1v) is 10.7. The van der Waals surface area contributed by atoms with Gasteiger partial charge < -0.3 is 0 Å². The predicted octanol–water partition coefficient (Wildman–Crippen LogP) is 5.68. The molecule has 0 N–H and O–H groups in total. The molecule has 0 aliphatic rings. The highest BCUT2D eigenvalue weighted by Gasteiger charge is 2.21. The van der Waals surface area contributed by atoms with Gasteiger partial charge in [0.05, 0.1) is 22.0 Å². The summed E-state index contributed by atoms with van der Waals surface area (Å²) in [4.78, 5) is 27.5. The van der Waals surface area contributed by atoms with Crippen LogP contribution < -0.4 is 11.1 Å². The van der Waals surface area contributed by atoms with Crippen molar-refractivity contribution in [2.24, 2.45) is 0 Å². The van der Waals surface area contributed by atoms with Crippen molar-refractivity contribution >= 4 is 21.7 Å². The smallest absolute Gasteiger partial charge is 0.267 e. The van der Waals surface area contributed by atoms with Gasteiger partial charge in [-0.05, 0) is 60.2 Å².